The maximum Gasteiger partial charge on any atom is 0.341 e. The van der Waals surface area contributed by atoms with Crippen LogP contribution in [-0.4, -0.2) is 53.1 Å². The van der Waals surface area contributed by atoms with E-state index >= 15 is 0 Å². The van der Waals surface area contributed by atoms with Gasteiger partial charge in [0.25, 0.3) is 0 Å². The fourth-order valence-corrected chi connectivity index (χ4v) is 4.74. The molecule has 1 amide bonds. The Bertz CT molecular complexity index is 1140. The first-order valence-electron chi connectivity index (χ1n) is 10.4. The summed E-state index contributed by atoms with van der Waals surface area (Å²) in [5.74, 6) is 0.146. The molecule has 10 heteroatoms. The number of anilines is 2. The highest BCUT2D eigenvalue weighted by Gasteiger charge is 2.19. The number of allylic oxidation sites excluding steroid dienone is 1. The molecular formula is C23H27N5O3S2. The van der Waals surface area contributed by atoms with Gasteiger partial charge >= 0.3 is 5.97 Å². The van der Waals surface area contributed by atoms with Crippen LogP contribution in [0.15, 0.2) is 48.1 Å². The topological polar surface area (TPSA) is 89.3 Å². The number of nitrogens with one attached hydrogen (secondary N) is 1. The fraction of sp³-hybridized carbons (Fsp3) is 0.304. The van der Waals surface area contributed by atoms with Crippen molar-refractivity contribution in [3.8, 4) is 11.4 Å². The van der Waals surface area contributed by atoms with Gasteiger partial charge in [-0.1, -0.05) is 17.8 Å². The standard InChI is InChI=1S/C23H27N5O3S2/c1-6-12-28-20(16-8-10-17(11-9-16)27(4)5)25-26-23(28)32-14-19(29)24-21-18(13-15(3)33-21)22(30)31-7-2/h6,8-11,13H,1,7,12,14H2,2-5H3,(H,24,29). The minimum Gasteiger partial charge on any atom is -0.462 e. The van der Waals surface area contributed by atoms with Crippen LogP contribution in [0.5, 0.6) is 0 Å². The molecule has 3 rings (SSSR count). The van der Waals surface area contributed by atoms with Crippen LogP contribution in [0.2, 0.25) is 0 Å². The van der Waals surface area contributed by atoms with Crippen molar-refractivity contribution in [2.24, 2.45) is 0 Å². The molecule has 0 bridgehead atoms. The lowest BCUT2D eigenvalue weighted by atomic mass is 10.2. The molecule has 0 spiro atoms. The highest BCUT2D eigenvalue weighted by molar-refractivity contribution is 7.99. The highest BCUT2D eigenvalue weighted by atomic mass is 32.2. The first-order chi connectivity index (χ1) is 15.8. The number of rotatable bonds is 10. The largest absolute Gasteiger partial charge is 0.462 e. The molecule has 0 aliphatic rings. The molecule has 0 atom stereocenters. The second-order valence-electron chi connectivity index (χ2n) is 7.30. The molecule has 0 aliphatic heterocycles. The minimum absolute atomic E-state index is 0.119. The van der Waals surface area contributed by atoms with E-state index in [1.54, 1.807) is 19.1 Å². The monoisotopic (exact) mass is 485 g/mol. The molecule has 2 heterocycles. The van der Waals surface area contributed by atoms with E-state index in [0.29, 0.717) is 28.1 Å². The normalized spacial score (nSPS) is 10.7. The number of thioether (sulfide) groups is 1. The van der Waals surface area contributed by atoms with Crippen LogP contribution in [0.25, 0.3) is 11.4 Å². The molecule has 3 aromatic rings. The smallest absolute Gasteiger partial charge is 0.341 e. The molecule has 0 aliphatic carbocycles. The SMILES string of the molecule is C=CCn1c(SCC(=O)Nc2sc(C)cc2C(=O)OCC)nnc1-c1ccc(N(C)C)cc1. The number of ether oxygens (including phenoxy) is 1. The van der Waals surface area contributed by atoms with Crippen molar-refractivity contribution in [2.75, 3.05) is 36.7 Å². The van der Waals surface area contributed by atoms with E-state index in [1.807, 2.05) is 54.8 Å². The van der Waals surface area contributed by atoms with Crippen molar-refractivity contribution in [1.29, 1.82) is 0 Å². The summed E-state index contributed by atoms with van der Waals surface area (Å²) in [6.07, 6.45) is 1.77. The van der Waals surface area contributed by atoms with E-state index in [0.717, 1.165) is 16.1 Å². The zero-order valence-corrected chi connectivity index (χ0v) is 20.8. The van der Waals surface area contributed by atoms with Gasteiger partial charge in [-0.15, -0.1) is 28.1 Å². The molecule has 0 unspecified atom stereocenters. The first-order valence-corrected chi connectivity index (χ1v) is 12.2. The Kier molecular flexibility index (Phi) is 8.29. The summed E-state index contributed by atoms with van der Waals surface area (Å²) >= 11 is 2.62. The van der Waals surface area contributed by atoms with Crippen molar-refractivity contribution in [3.05, 3.63) is 53.4 Å². The maximum absolute atomic E-state index is 12.6. The van der Waals surface area contributed by atoms with Gasteiger partial charge in [0.15, 0.2) is 11.0 Å². The fourth-order valence-electron chi connectivity index (χ4n) is 3.07. The lowest BCUT2D eigenvalue weighted by Crippen LogP contribution is -2.16. The maximum atomic E-state index is 12.6. The zero-order chi connectivity index (χ0) is 24.0. The number of aromatic nitrogens is 3. The van der Waals surface area contributed by atoms with Gasteiger partial charge in [0.05, 0.1) is 17.9 Å². The number of hydrogen-bond acceptors (Lipinski definition) is 8. The summed E-state index contributed by atoms with van der Waals surface area (Å²) in [6, 6.07) is 9.76. The van der Waals surface area contributed by atoms with Gasteiger partial charge in [0, 0.05) is 36.8 Å². The van der Waals surface area contributed by atoms with Gasteiger partial charge in [-0.25, -0.2) is 4.79 Å². The summed E-state index contributed by atoms with van der Waals surface area (Å²) in [5.41, 5.74) is 2.39. The van der Waals surface area contributed by atoms with Crippen LogP contribution in [-0.2, 0) is 16.1 Å². The van der Waals surface area contributed by atoms with Crippen molar-refractivity contribution in [3.63, 3.8) is 0 Å². The zero-order valence-electron chi connectivity index (χ0n) is 19.1. The number of aryl methyl sites for hydroxylation is 1. The van der Waals surface area contributed by atoms with Crippen LogP contribution >= 0.6 is 23.1 Å². The van der Waals surface area contributed by atoms with Gasteiger partial charge in [-0.3, -0.25) is 9.36 Å². The molecule has 0 saturated carbocycles. The molecule has 8 nitrogen and oxygen atoms in total. The van der Waals surface area contributed by atoms with Gasteiger partial charge in [-0.05, 0) is 44.2 Å². The average molecular weight is 486 g/mol. The van der Waals surface area contributed by atoms with Gasteiger partial charge in [-0.2, -0.15) is 0 Å². The number of benzene rings is 1. The van der Waals surface area contributed by atoms with Crippen molar-refractivity contribution in [2.45, 2.75) is 25.5 Å². The minimum atomic E-state index is -0.444. The molecular weight excluding hydrogens is 458 g/mol. The van der Waals surface area contributed by atoms with Crippen molar-refractivity contribution in [1.82, 2.24) is 14.8 Å². The van der Waals surface area contributed by atoms with Crippen LogP contribution in [0.3, 0.4) is 0 Å². The Morgan fingerprint density at radius 3 is 2.64 bits per heavy atom. The molecule has 2 aromatic heterocycles. The van der Waals surface area contributed by atoms with Gasteiger partial charge in [0.2, 0.25) is 5.91 Å². The average Bonchev–Trinajstić information content (AvgIpc) is 3.35. The van der Waals surface area contributed by atoms with Crippen LogP contribution in [0.1, 0.15) is 22.2 Å². The molecule has 33 heavy (non-hydrogen) atoms. The predicted octanol–water partition coefficient (Wildman–Crippen LogP) is 4.47. The summed E-state index contributed by atoms with van der Waals surface area (Å²) in [6.45, 7) is 8.24. The Labute approximate surface area is 201 Å². The van der Waals surface area contributed by atoms with Crippen molar-refractivity contribution < 1.29 is 14.3 Å². The highest BCUT2D eigenvalue weighted by Crippen LogP contribution is 2.29. The van der Waals surface area contributed by atoms with Gasteiger partial charge in [0.1, 0.15) is 5.00 Å². The molecule has 0 saturated heterocycles. The van der Waals surface area contributed by atoms with Gasteiger partial charge < -0.3 is 15.0 Å². The van der Waals surface area contributed by atoms with Crippen molar-refractivity contribution >= 4 is 45.7 Å². The Balaban J connectivity index is 1.72. The lowest BCUT2D eigenvalue weighted by molar-refractivity contribution is -0.113. The van der Waals surface area contributed by atoms with E-state index in [9.17, 15) is 9.59 Å². The third kappa shape index (κ3) is 6.02. The summed E-state index contributed by atoms with van der Waals surface area (Å²) < 4.78 is 7.00. The summed E-state index contributed by atoms with van der Waals surface area (Å²) in [7, 11) is 3.98. The molecule has 1 N–H and O–H groups in total. The van der Waals surface area contributed by atoms with E-state index in [1.165, 1.54) is 23.1 Å². The number of amides is 1. The van der Waals surface area contributed by atoms with E-state index in [4.69, 9.17) is 4.74 Å². The molecule has 174 valence electrons. The predicted molar refractivity (Wildman–Crippen MR) is 134 cm³/mol. The number of thiophene rings is 1. The van der Waals surface area contributed by atoms with Crippen LogP contribution in [0, 0.1) is 6.92 Å². The van der Waals surface area contributed by atoms with E-state index in [-0.39, 0.29) is 18.3 Å². The molecule has 0 radical (unpaired) electrons. The number of carbonyl (C=O) groups is 2. The Hall–Kier alpha value is -3.11. The van der Waals surface area contributed by atoms with Crippen LogP contribution < -0.4 is 10.2 Å². The Morgan fingerprint density at radius 2 is 2.00 bits per heavy atom. The number of hydrogen-bond donors (Lipinski definition) is 1. The van der Waals surface area contributed by atoms with Crippen LogP contribution in [0.4, 0.5) is 10.7 Å². The number of esters is 1. The summed E-state index contributed by atoms with van der Waals surface area (Å²) in [5, 5.41) is 12.6. The second-order valence-corrected chi connectivity index (χ2v) is 9.50. The number of carbonyl (C=O) groups excluding carboxylic acids is 2. The quantitative estimate of drug-likeness (QED) is 0.257. The third-order valence-corrected chi connectivity index (χ3v) is 6.54. The second kappa shape index (κ2) is 11.2. The molecule has 0 fully saturated rings. The Morgan fingerprint density at radius 1 is 1.27 bits per heavy atom. The van der Waals surface area contributed by atoms with E-state index in [2.05, 4.69) is 22.1 Å². The third-order valence-electron chi connectivity index (χ3n) is 4.61. The molecule has 1 aromatic carbocycles. The number of nitrogens with zero attached hydrogens (tertiary/aromatic N) is 4. The first kappa shape index (κ1) is 24.5. The summed E-state index contributed by atoms with van der Waals surface area (Å²) in [4.78, 5) is 27.7. The van der Waals surface area contributed by atoms with E-state index < -0.39 is 5.97 Å². The lowest BCUT2D eigenvalue weighted by Gasteiger charge is -2.13.